The fourth-order valence-electron chi connectivity index (χ4n) is 1.79. The van der Waals surface area contributed by atoms with Crippen molar-refractivity contribution in [3.8, 4) is 0 Å². The zero-order valence-electron chi connectivity index (χ0n) is 12.0. The Morgan fingerprint density at radius 1 is 1.25 bits per heavy atom. The van der Waals surface area contributed by atoms with Gasteiger partial charge in [-0.3, -0.25) is 14.9 Å². The van der Waals surface area contributed by atoms with Gasteiger partial charge >= 0.3 is 5.97 Å². The second-order valence-corrected chi connectivity index (χ2v) is 4.96. The van der Waals surface area contributed by atoms with E-state index >= 15 is 0 Å². The van der Waals surface area contributed by atoms with E-state index in [0.717, 1.165) is 12.1 Å². The van der Waals surface area contributed by atoms with E-state index in [2.05, 4.69) is 10.1 Å². The molecule has 0 saturated heterocycles. The maximum atomic E-state index is 13.5. The lowest BCUT2D eigenvalue weighted by molar-refractivity contribution is -0.383. The smallest absolute Gasteiger partial charge is 0.341 e. The van der Waals surface area contributed by atoms with Crippen LogP contribution in [0.2, 0.25) is 5.02 Å². The summed E-state index contributed by atoms with van der Waals surface area (Å²) in [5, 5.41) is 13.2. The molecule has 0 radical (unpaired) electrons. The molecule has 0 bridgehead atoms. The maximum Gasteiger partial charge on any atom is 0.341 e. The van der Waals surface area contributed by atoms with Crippen LogP contribution in [0.1, 0.15) is 10.4 Å². The van der Waals surface area contributed by atoms with E-state index in [1.165, 1.54) is 30.3 Å². The lowest BCUT2D eigenvalue weighted by atomic mass is 10.2. The van der Waals surface area contributed by atoms with Crippen LogP contribution in [0.15, 0.2) is 42.5 Å². The summed E-state index contributed by atoms with van der Waals surface area (Å²) in [6.45, 7) is -0.739. The number of halogens is 2. The molecule has 0 saturated carbocycles. The minimum absolute atomic E-state index is 0.0440. The zero-order valence-corrected chi connectivity index (χ0v) is 12.7. The van der Waals surface area contributed by atoms with Crippen molar-refractivity contribution in [1.82, 2.24) is 0 Å². The molecule has 0 heterocycles. The van der Waals surface area contributed by atoms with Gasteiger partial charge in [-0.25, -0.2) is 9.18 Å². The fourth-order valence-corrected chi connectivity index (χ4v) is 1.96. The first-order chi connectivity index (χ1) is 11.4. The first kappa shape index (κ1) is 17.4. The Morgan fingerprint density at radius 2 is 1.96 bits per heavy atom. The van der Waals surface area contributed by atoms with Crippen LogP contribution >= 0.6 is 11.6 Å². The van der Waals surface area contributed by atoms with Gasteiger partial charge in [-0.2, -0.15) is 0 Å². The van der Waals surface area contributed by atoms with Crippen molar-refractivity contribution >= 4 is 34.9 Å². The third kappa shape index (κ3) is 4.26. The molecular formula is C15H10ClFN2O5. The average molecular weight is 353 g/mol. The summed E-state index contributed by atoms with van der Waals surface area (Å²) in [5.74, 6) is -2.73. The van der Waals surface area contributed by atoms with Gasteiger partial charge in [0.1, 0.15) is 11.5 Å². The Labute approximate surface area is 140 Å². The Morgan fingerprint density at radius 3 is 2.67 bits per heavy atom. The average Bonchev–Trinajstić information content (AvgIpc) is 2.55. The minimum Gasteiger partial charge on any atom is -0.452 e. The number of nitrogens with one attached hydrogen (secondary N) is 1. The number of benzene rings is 2. The van der Waals surface area contributed by atoms with Crippen LogP contribution in [0.5, 0.6) is 0 Å². The summed E-state index contributed by atoms with van der Waals surface area (Å²) in [6, 6.07) is 8.80. The highest BCUT2D eigenvalue weighted by atomic mass is 35.5. The highest BCUT2D eigenvalue weighted by molar-refractivity contribution is 6.30. The minimum atomic E-state index is -1.08. The summed E-state index contributed by atoms with van der Waals surface area (Å²) < 4.78 is 18.2. The largest absolute Gasteiger partial charge is 0.452 e. The number of carbonyl (C=O) groups excluding carboxylic acids is 2. The SMILES string of the molecule is O=C(COC(=O)c1cc(Cl)ccc1F)Nc1ccccc1[N+](=O)[O-]. The highest BCUT2D eigenvalue weighted by Gasteiger charge is 2.18. The number of hydrogen-bond donors (Lipinski definition) is 1. The van der Waals surface area contributed by atoms with Gasteiger partial charge in [0.25, 0.3) is 11.6 Å². The molecule has 2 aromatic carbocycles. The Kier molecular flexibility index (Phi) is 5.43. The quantitative estimate of drug-likeness (QED) is 0.506. The van der Waals surface area contributed by atoms with E-state index in [1.54, 1.807) is 0 Å². The lowest BCUT2D eigenvalue weighted by Gasteiger charge is -2.07. The highest BCUT2D eigenvalue weighted by Crippen LogP contribution is 2.23. The molecule has 0 atom stereocenters. The molecule has 9 heteroatoms. The predicted octanol–water partition coefficient (Wildman–Crippen LogP) is 3.18. The van der Waals surface area contributed by atoms with Crippen LogP contribution in [-0.4, -0.2) is 23.4 Å². The van der Waals surface area contributed by atoms with Gasteiger partial charge in [0.2, 0.25) is 0 Å². The number of nitro groups is 1. The van der Waals surface area contributed by atoms with Crippen molar-refractivity contribution in [3.63, 3.8) is 0 Å². The van der Waals surface area contributed by atoms with Gasteiger partial charge in [0.05, 0.1) is 10.5 Å². The van der Waals surface area contributed by atoms with Crippen molar-refractivity contribution in [2.75, 3.05) is 11.9 Å². The molecule has 24 heavy (non-hydrogen) atoms. The lowest BCUT2D eigenvalue weighted by Crippen LogP contribution is -2.21. The van der Waals surface area contributed by atoms with E-state index < -0.39 is 34.8 Å². The Bertz CT molecular complexity index is 812. The van der Waals surface area contributed by atoms with E-state index in [1.807, 2.05) is 0 Å². The Hall–Kier alpha value is -3.00. The topological polar surface area (TPSA) is 98.5 Å². The standard InChI is InChI=1S/C15H10ClFN2O5/c16-9-5-6-11(17)10(7-9)15(21)24-8-14(20)18-12-3-1-2-4-13(12)19(22)23/h1-7H,8H2,(H,18,20). The van der Waals surface area contributed by atoms with Crippen molar-refractivity contribution in [3.05, 3.63) is 69.0 Å². The van der Waals surface area contributed by atoms with Crippen LogP contribution in [0, 0.1) is 15.9 Å². The second kappa shape index (κ2) is 7.51. The number of para-hydroxylation sites is 2. The van der Waals surface area contributed by atoms with Crippen molar-refractivity contribution < 1.29 is 23.6 Å². The third-order valence-electron chi connectivity index (χ3n) is 2.86. The molecule has 1 N–H and O–H groups in total. The molecule has 0 fully saturated rings. The van der Waals surface area contributed by atoms with Gasteiger partial charge in [0, 0.05) is 11.1 Å². The fraction of sp³-hybridized carbons (Fsp3) is 0.0667. The molecule has 1 amide bonds. The first-order valence-electron chi connectivity index (χ1n) is 6.54. The van der Waals surface area contributed by atoms with Crippen molar-refractivity contribution in [1.29, 1.82) is 0 Å². The number of hydrogen-bond acceptors (Lipinski definition) is 5. The monoisotopic (exact) mass is 352 g/mol. The predicted molar refractivity (Wildman–Crippen MR) is 83.4 cm³/mol. The molecule has 0 aliphatic heterocycles. The number of anilines is 1. The number of nitro benzene ring substituents is 1. The van der Waals surface area contributed by atoms with Gasteiger partial charge in [0.15, 0.2) is 6.61 Å². The second-order valence-electron chi connectivity index (χ2n) is 4.52. The molecule has 7 nitrogen and oxygen atoms in total. The summed E-state index contributed by atoms with van der Waals surface area (Å²) in [5.41, 5.74) is -0.767. The van der Waals surface area contributed by atoms with Gasteiger partial charge in [-0.05, 0) is 24.3 Å². The molecule has 0 aromatic heterocycles. The van der Waals surface area contributed by atoms with Crippen molar-refractivity contribution in [2.24, 2.45) is 0 Å². The number of esters is 1. The molecule has 0 spiro atoms. The molecule has 0 aliphatic carbocycles. The molecule has 124 valence electrons. The molecule has 0 unspecified atom stereocenters. The van der Waals surface area contributed by atoms with Gasteiger partial charge in [-0.15, -0.1) is 0 Å². The zero-order chi connectivity index (χ0) is 17.7. The Balaban J connectivity index is 2.00. The van der Waals surface area contributed by atoms with E-state index in [9.17, 15) is 24.1 Å². The first-order valence-corrected chi connectivity index (χ1v) is 6.91. The van der Waals surface area contributed by atoms with Crippen LogP contribution in [0.25, 0.3) is 0 Å². The van der Waals surface area contributed by atoms with Gasteiger partial charge < -0.3 is 10.1 Å². The third-order valence-corrected chi connectivity index (χ3v) is 3.09. The summed E-state index contributed by atoms with van der Waals surface area (Å²) in [6.07, 6.45) is 0. The normalized spacial score (nSPS) is 10.1. The molecule has 2 rings (SSSR count). The summed E-state index contributed by atoms with van der Waals surface area (Å²) >= 11 is 5.66. The summed E-state index contributed by atoms with van der Waals surface area (Å²) in [7, 11) is 0. The van der Waals surface area contributed by atoms with Crippen LogP contribution in [0.4, 0.5) is 15.8 Å². The number of nitrogens with zero attached hydrogens (tertiary/aromatic N) is 1. The van der Waals surface area contributed by atoms with Gasteiger partial charge in [-0.1, -0.05) is 23.7 Å². The van der Waals surface area contributed by atoms with E-state index in [0.29, 0.717) is 0 Å². The maximum absolute atomic E-state index is 13.5. The number of amides is 1. The van der Waals surface area contributed by atoms with Crippen molar-refractivity contribution in [2.45, 2.75) is 0 Å². The number of carbonyl (C=O) groups is 2. The van der Waals surface area contributed by atoms with Crippen LogP contribution in [0.3, 0.4) is 0 Å². The van der Waals surface area contributed by atoms with Crippen LogP contribution in [-0.2, 0) is 9.53 Å². The van der Waals surface area contributed by atoms with E-state index in [-0.39, 0.29) is 16.4 Å². The number of ether oxygens (including phenoxy) is 1. The van der Waals surface area contributed by atoms with E-state index in [4.69, 9.17) is 11.6 Å². The van der Waals surface area contributed by atoms with Crippen LogP contribution < -0.4 is 5.32 Å². The molecule has 0 aliphatic rings. The summed E-state index contributed by atoms with van der Waals surface area (Å²) in [4.78, 5) is 33.7. The molecule has 2 aromatic rings. The number of rotatable bonds is 5. The molecular weight excluding hydrogens is 343 g/mol.